The molecular weight excluding hydrogens is 938 g/mol. The predicted octanol–water partition coefficient (Wildman–Crippen LogP) is 7.59. The minimum atomic E-state index is -1.13. The van der Waals surface area contributed by atoms with Crippen molar-refractivity contribution in [3.05, 3.63) is 112 Å². The van der Waals surface area contributed by atoms with Crippen molar-refractivity contribution in [1.82, 2.24) is 34.4 Å². The molecule has 4 aliphatic rings. The van der Waals surface area contributed by atoms with Gasteiger partial charge in [-0.15, -0.1) is 0 Å². The van der Waals surface area contributed by atoms with E-state index in [2.05, 4.69) is 33.0 Å². The normalized spacial score (nSPS) is 17.8. The molecule has 0 bridgehead atoms. The van der Waals surface area contributed by atoms with Crippen LogP contribution in [0.15, 0.2) is 72.8 Å². The van der Waals surface area contributed by atoms with E-state index < -0.39 is 41.2 Å². The zero-order valence-electron chi connectivity index (χ0n) is 41.4. The van der Waals surface area contributed by atoms with Gasteiger partial charge in [-0.25, -0.2) is 4.79 Å². The van der Waals surface area contributed by atoms with Crippen molar-refractivity contribution >= 4 is 68.8 Å². The van der Waals surface area contributed by atoms with E-state index in [-0.39, 0.29) is 47.8 Å². The zero-order chi connectivity index (χ0) is 50.8. The summed E-state index contributed by atoms with van der Waals surface area (Å²) >= 11 is 7.25. The van der Waals surface area contributed by atoms with Gasteiger partial charge in [-0.2, -0.15) is 5.10 Å². The van der Waals surface area contributed by atoms with E-state index in [4.69, 9.17) is 30.9 Å². The first-order chi connectivity index (χ1) is 34.4. The van der Waals surface area contributed by atoms with Crippen molar-refractivity contribution < 1.29 is 43.0 Å². The Morgan fingerprint density at radius 2 is 1.60 bits per heavy atom. The number of fused-ring (bicyclic) bond motifs is 3. The number of carbonyl (C=O) groups excluding carboxylic acids is 6. The van der Waals surface area contributed by atoms with E-state index in [0.29, 0.717) is 62.9 Å². The SMILES string of the molecule is Cc1nn(C)c(C)c1-c1c(Cl)ccc2c(CCCOc3cccc4ccccc34)c(C(=O)OC(C)(C)C)n(CCN3CCN(C(=O)COc4cccc5c4C(=O)N(C4CCC(=O)NC4=O)C5=O)CC34CC4)c12. The Bertz CT molecular complexity index is 3230. The molecule has 1 saturated carbocycles. The first-order valence-corrected chi connectivity index (χ1v) is 25.0. The number of aromatic nitrogens is 3. The second kappa shape index (κ2) is 18.9. The first kappa shape index (κ1) is 48.6. The topological polar surface area (TPSA) is 175 Å². The molecule has 5 heterocycles. The van der Waals surface area contributed by atoms with Gasteiger partial charge in [0.25, 0.3) is 17.7 Å². The number of halogens is 1. The van der Waals surface area contributed by atoms with Crippen LogP contribution in [0.25, 0.3) is 32.8 Å². The number of hydrogen-bond donors (Lipinski definition) is 1. The number of hydrogen-bond acceptors (Lipinski definition) is 11. The number of esters is 1. The summed E-state index contributed by atoms with van der Waals surface area (Å²) in [5.74, 6) is -2.35. The Morgan fingerprint density at radius 1 is 0.847 bits per heavy atom. The molecular formula is C55H58ClN7O9. The highest BCUT2D eigenvalue weighted by atomic mass is 35.5. The molecule has 4 aromatic carbocycles. The molecule has 10 rings (SSSR count). The Morgan fingerprint density at radius 3 is 2.33 bits per heavy atom. The number of ether oxygens (including phenoxy) is 3. The maximum Gasteiger partial charge on any atom is 0.355 e. The molecule has 1 aliphatic carbocycles. The molecule has 1 atom stereocenters. The molecule has 6 aromatic rings. The van der Waals surface area contributed by atoms with E-state index >= 15 is 0 Å². The third-order valence-corrected chi connectivity index (χ3v) is 14.9. The van der Waals surface area contributed by atoms with Crippen LogP contribution in [0.2, 0.25) is 5.02 Å². The molecule has 16 nitrogen and oxygen atoms in total. The molecule has 17 heteroatoms. The number of rotatable bonds is 14. The van der Waals surface area contributed by atoms with Crippen LogP contribution in [0, 0.1) is 13.8 Å². The van der Waals surface area contributed by atoms with Crippen molar-refractivity contribution in [2.75, 3.05) is 39.4 Å². The number of benzene rings is 4. The molecule has 374 valence electrons. The maximum absolute atomic E-state index is 14.8. The van der Waals surface area contributed by atoms with Gasteiger partial charge in [0.05, 0.1) is 34.0 Å². The predicted molar refractivity (Wildman–Crippen MR) is 270 cm³/mol. The van der Waals surface area contributed by atoms with E-state index in [1.807, 2.05) is 82.7 Å². The van der Waals surface area contributed by atoms with Gasteiger partial charge in [-0.05, 0) is 102 Å². The molecule has 5 amide bonds. The molecule has 1 spiro atoms. The van der Waals surface area contributed by atoms with E-state index in [0.717, 1.165) is 73.2 Å². The monoisotopic (exact) mass is 995 g/mol. The summed E-state index contributed by atoms with van der Waals surface area (Å²) in [5, 5.41) is 10.6. The van der Waals surface area contributed by atoms with Crippen LogP contribution in [-0.2, 0) is 39.1 Å². The highest BCUT2D eigenvalue weighted by Gasteiger charge is 2.52. The van der Waals surface area contributed by atoms with Crippen LogP contribution < -0.4 is 14.8 Å². The van der Waals surface area contributed by atoms with Crippen LogP contribution in [-0.4, -0.2) is 121 Å². The largest absolute Gasteiger partial charge is 0.493 e. The van der Waals surface area contributed by atoms with Gasteiger partial charge in [0, 0.05) is 79.3 Å². The van der Waals surface area contributed by atoms with E-state index in [9.17, 15) is 28.8 Å². The quantitative estimate of drug-likeness (QED) is 0.0647. The van der Waals surface area contributed by atoms with Gasteiger partial charge in [-0.3, -0.25) is 43.8 Å². The molecule has 0 radical (unpaired) electrons. The summed E-state index contributed by atoms with van der Waals surface area (Å²) in [6.07, 6.45) is 2.90. The van der Waals surface area contributed by atoms with Gasteiger partial charge in [0.2, 0.25) is 11.8 Å². The Kier molecular flexibility index (Phi) is 12.7. The molecule has 3 fully saturated rings. The summed E-state index contributed by atoms with van der Waals surface area (Å²) in [4.78, 5) is 85.4. The van der Waals surface area contributed by atoms with Crippen LogP contribution >= 0.6 is 11.6 Å². The standard InChI is InChI=1S/C55H58ClN7O9/c1-32-45(33(2)59(6)58-32)47-39(56)20-19-37-36(16-11-29-70-41-17-9-13-34-12-7-8-14-35(34)41)49(53(69)72-54(3,4)5)62(48(37)47)28-27-61-26-25-60(31-55(61)23-24-55)44(65)30-71-42-18-10-15-38-46(42)52(68)63(51(38)67)40-21-22-43(64)57-50(40)66/h7-10,12-15,17-20,40H,11,16,21-31H2,1-6H3,(H,57,64,66). The highest BCUT2D eigenvalue weighted by molar-refractivity contribution is 6.35. The fourth-order valence-corrected chi connectivity index (χ4v) is 11.2. The lowest BCUT2D eigenvalue weighted by atomic mass is 9.98. The smallest absolute Gasteiger partial charge is 0.355 e. The summed E-state index contributed by atoms with van der Waals surface area (Å²) in [6, 6.07) is 21.5. The van der Waals surface area contributed by atoms with Gasteiger partial charge >= 0.3 is 5.97 Å². The molecule has 2 aromatic heterocycles. The Hall–Kier alpha value is -7.04. The fourth-order valence-electron chi connectivity index (χ4n) is 10.9. The number of aryl methyl sites for hydroxylation is 3. The minimum Gasteiger partial charge on any atom is -0.493 e. The van der Waals surface area contributed by atoms with Crippen molar-refractivity contribution in [3.63, 3.8) is 0 Å². The second-order valence-corrected chi connectivity index (χ2v) is 20.7. The molecule has 1 unspecified atom stereocenters. The lowest BCUT2D eigenvalue weighted by Crippen LogP contribution is -2.57. The number of nitrogens with one attached hydrogen (secondary N) is 1. The van der Waals surface area contributed by atoms with Gasteiger partial charge < -0.3 is 23.7 Å². The zero-order valence-corrected chi connectivity index (χ0v) is 42.2. The average Bonchev–Trinajstić information content (AvgIpc) is 3.88. The Balaban J connectivity index is 0.905. The summed E-state index contributed by atoms with van der Waals surface area (Å²) < 4.78 is 22.6. The second-order valence-electron chi connectivity index (χ2n) is 20.3. The van der Waals surface area contributed by atoms with Crippen molar-refractivity contribution in [3.8, 4) is 22.6 Å². The lowest BCUT2D eigenvalue weighted by molar-refractivity contribution is -0.137. The number of piperidine rings is 1. The third-order valence-electron chi connectivity index (χ3n) is 14.6. The molecule has 1 N–H and O–H groups in total. The number of amides is 5. The third kappa shape index (κ3) is 8.88. The van der Waals surface area contributed by atoms with Gasteiger partial charge in [0.1, 0.15) is 28.8 Å². The minimum absolute atomic E-state index is 0.000474. The van der Waals surface area contributed by atoms with Crippen molar-refractivity contribution in [2.45, 2.75) is 96.9 Å². The number of nitrogens with zero attached hydrogens (tertiary/aromatic N) is 6. The fraction of sp³-hybridized carbons (Fsp3) is 0.400. The van der Waals surface area contributed by atoms with E-state index in [1.165, 1.54) is 12.1 Å². The van der Waals surface area contributed by atoms with Crippen LogP contribution in [0.1, 0.15) is 101 Å². The van der Waals surface area contributed by atoms with Crippen LogP contribution in [0.3, 0.4) is 0 Å². The first-order valence-electron chi connectivity index (χ1n) is 24.6. The van der Waals surface area contributed by atoms with Gasteiger partial charge in [0.15, 0.2) is 6.61 Å². The molecule has 2 saturated heterocycles. The lowest BCUT2D eigenvalue weighted by Gasteiger charge is -2.42. The van der Waals surface area contributed by atoms with E-state index in [1.54, 1.807) is 11.0 Å². The van der Waals surface area contributed by atoms with Crippen molar-refractivity contribution in [1.29, 1.82) is 0 Å². The number of imide groups is 2. The van der Waals surface area contributed by atoms with Gasteiger partial charge in [-0.1, -0.05) is 60.1 Å². The number of carbonyl (C=O) groups is 6. The maximum atomic E-state index is 14.8. The van der Waals surface area contributed by atoms with Crippen LogP contribution in [0.4, 0.5) is 0 Å². The van der Waals surface area contributed by atoms with Crippen LogP contribution in [0.5, 0.6) is 11.5 Å². The number of piperazine rings is 1. The average molecular weight is 997 g/mol. The highest BCUT2D eigenvalue weighted by Crippen LogP contribution is 2.46. The summed E-state index contributed by atoms with van der Waals surface area (Å²) in [5.41, 5.74) is 4.60. The summed E-state index contributed by atoms with van der Waals surface area (Å²) in [6.45, 7) is 12.1. The van der Waals surface area contributed by atoms with Crippen molar-refractivity contribution in [2.24, 2.45) is 7.05 Å². The molecule has 3 aliphatic heterocycles. The molecule has 72 heavy (non-hydrogen) atoms. The summed E-state index contributed by atoms with van der Waals surface area (Å²) in [7, 11) is 1.91. The Labute approximate surface area is 422 Å².